The van der Waals surface area contributed by atoms with Crippen molar-refractivity contribution in [1.29, 1.82) is 0 Å². The summed E-state index contributed by atoms with van der Waals surface area (Å²) in [6.45, 7) is 0.553. The number of nitrogens with two attached hydrogens (primary N) is 1. The van der Waals surface area contributed by atoms with Crippen LogP contribution in [0.1, 0.15) is 5.69 Å². The van der Waals surface area contributed by atoms with Gasteiger partial charge in [-0.1, -0.05) is 12.1 Å². The van der Waals surface area contributed by atoms with Gasteiger partial charge in [-0.15, -0.1) is 0 Å². The fourth-order valence-electron chi connectivity index (χ4n) is 1.27. The van der Waals surface area contributed by atoms with Crippen molar-refractivity contribution in [1.82, 2.24) is 9.97 Å². The average Bonchev–Trinajstić information content (AvgIpc) is 2.31. The highest BCUT2D eigenvalue weighted by atomic mass is 15.4. The van der Waals surface area contributed by atoms with Crippen LogP contribution in [0.25, 0.3) is 0 Å². The molecule has 2 aromatic rings. The molecule has 0 fully saturated rings. The van der Waals surface area contributed by atoms with Gasteiger partial charge >= 0.3 is 0 Å². The van der Waals surface area contributed by atoms with Crippen LogP contribution in [-0.2, 0) is 6.54 Å². The number of rotatable bonds is 3. The van der Waals surface area contributed by atoms with E-state index in [1.165, 1.54) is 0 Å². The summed E-state index contributed by atoms with van der Waals surface area (Å²) in [5, 5.41) is 1.57. The Bertz CT molecular complexity index is 401. The zero-order valence-corrected chi connectivity index (χ0v) is 8.24. The van der Waals surface area contributed by atoms with E-state index in [4.69, 9.17) is 5.84 Å². The molecule has 0 saturated carbocycles. The summed E-state index contributed by atoms with van der Waals surface area (Å²) in [7, 11) is 0. The molecule has 0 amide bonds. The summed E-state index contributed by atoms with van der Waals surface area (Å²) in [4.78, 5) is 8.34. The van der Waals surface area contributed by atoms with Crippen molar-refractivity contribution in [2.24, 2.45) is 5.84 Å². The summed E-state index contributed by atoms with van der Waals surface area (Å²) in [6, 6.07) is 11.4. The molecule has 2 N–H and O–H groups in total. The van der Waals surface area contributed by atoms with Gasteiger partial charge in [0.25, 0.3) is 0 Å². The molecule has 2 rings (SSSR count). The number of nitrogens with zero attached hydrogens (tertiary/aromatic N) is 3. The summed E-state index contributed by atoms with van der Waals surface area (Å²) in [5.41, 5.74) is 0.922. The first-order valence-corrected chi connectivity index (χ1v) is 4.69. The maximum Gasteiger partial charge on any atom is 0.142 e. The number of hydrazine groups is 1. The highest BCUT2D eigenvalue weighted by Gasteiger charge is 2.02. The predicted molar refractivity (Wildman–Crippen MR) is 58.8 cm³/mol. The van der Waals surface area contributed by atoms with E-state index in [0.29, 0.717) is 6.54 Å². The normalized spacial score (nSPS) is 9.93. The Balaban J connectivity index is 2.08. The molecule has 0 aromatic carbocycles. The lowest BCUT2D eigenvalue weighted by Gasteiger charge is -2.16. The topological polar surface area (TPSA) is 55.0 Å². The Hall–Kier alpha value is -1.94. The van der Waals surface area contributed by atoms with E-state index in [1.54, 1.807) is 17.4 Å². The van der Waals surface area contributed by atoms with Crippen LogP contribution >= 0.6 is 0 Å². The second-order valence-electron chi connectivity index (χ2n) is 3.14. The van der Waals surface area contributed by atoms with Gasteiger partial charge in [-0.25, -0.2) is 10.8 Å². The Morgan fingerprint density at radius 3 is 2.33 bits per heavy atom. The fraction of sp³-hybridized carbons (Fsp3) is 0.0909. The van der Waals surface area contributed by atoms with E-state index in [1.807, 2.05) is 36.4 Å². The van der Waals surface area contributed by atoms with Gasteiger partial charge < -0.3 is 0 Å². The predicted octanol–water partition coefficient (Wildman–Crippen LogP) is 1.36. The van der Waals surface area contributed by atoms with Crippen LogP contribution in [-0.4, -0.2) is 9.97 Å². The fourth-order valence-corrected chi connectivity index (χ4v) is 1.27. The second-order valence-corrected chi connectivity index (χ2v) is 3.14. The van der Waals surface area contributed by atoms with Gasteiger partial charge in [-0.2, -0.15) is 0 Å². The molecule has 0 aliphatic carbocycles. The van der Waals surface area contributed by atoms with Gasteiger partial charge in [-0.05, 0) is 24.3 Å². The Labute approximate surface area is 88.4 Å². The minimum atomic E-state index is 0.553. The first kappa shape index (κ1) is 9.61. The molecule has 15 heavy (non-hydrogen) atoms. The monoisotopic (exact) mass is 200 g/mol. The highest BCUT2D eigenvalue weighted by Crippen LogP contribution is 2.07. The van der Waals surface area contributed by atoms with Crippen molar-refractivity contribution in [3.63, 3.8) is 0 Å². The molecule has 2 aromatic heterocycles. The number of anilines is 1. The summed E-state index contributed by atoms with van der Waals surface area (Å²) >= 11 is 0. The van der Waals surface area contributed by atoms with Crippen LogP contribution < -0.4 is 10.9 Å². The quantitative estimate of drug-likeness (QED) is 0.600. The number of hydrogen-bond donors (Lipinski definition) is 1. The zero-order valence-electron chi connectivity index (χ0n) is 8.24. The number of hydrogen-bond acceptors (Lipinski definition) is 4. The largest absolute Gasteiger partial charge is 0.289 e. The minimum absolute atomic E-state index is 0.553. The summed E-state index contributed by atoms with van der Waals surface area (Å²) < 4.78 is 0. The van der Waals surface area contributed by atoms with Gasteiger partial charge in [0, 0.05) is 12.4 Å². The van der Waals surface area contributed by atoms with Crippen molar-refractivity contribution in [2.45, 2.75) is 6.54 Å². The third-order valence-corrected chi connectivity index (χ3v) is 2.00. The van der Waals surface area contributed by atoms with Gasteiger partial charge in [0.15, 0.2) is 0 Å². The van der Waals surface area contributed by atoms with Crippen molar-refractivity contribution in [2.75, 3.05) is 5.01 Å². The summed E-state index contributed by atoms with van der Waals surface area (Å²) in [6.07, 6.45) is 3.47. The molecule has 76 valence electrons. The highest BCUT2D eigenvalue weighted by molar-refractivity contribution is 5.35. The standard InChI is InChI=1S/C11H12N4/c12-15(11-6-2-4-8-14-11)9-10-5-1-3-7-13-10/h1-8H,9,12H2. The van der Waals surface area contributed by atoms with E-state index >= 15 is 0 Å². The van der Waals surface area contributed by atoms with Crippen LogP contribution in [0.2, 0.25) is 0 Å². The molecule has 0 aliphatic heterocycles. The second kappa shape index (κ2) is 4.52. The van der Waals surface area contributed by atoms with Gasteiger partial charge in [0.2, 0.25) is 0 Å². The van der Waals surface area contributed by atoms with Crippen LogP contribution in [0.15, 0.2) is 48.8 Å². The number of aromatic nitrogens is 2. The Morgan fingerprint density at radius 1 is 1.00 bits per heavy atom. The van der Waals surface area contributed by atoms with Gasteiger partial charge in [0.1, 0.15) is 5.82 Å². The van der Waals surface area contributed by atoms with E-state index in [-0.39, 0.29) is 0 Å². The first-order chi connectivity index (χ1) is 7.36. The van der Waals surface area contributed by atoms with Gasteiger partial charge in [0.05, 0.1) is 12.2 Å². The van der Waals surface area contributed by atoms with Crippen molar-refractivity contribution < 1.29 is 0 Å². The molecule has 0 radical (unpaired) electrons. The molecule has 4 heteroatoms. The molecule has 0 bridgehead atoms. The van der Waals surface area contributed by atoms with Crippen LogP contribution in [0.5, 0.6) is 0 Å². The van der Waals surface area contributed by atoms with Crippen molar-refractivity contribution >= 4 is 5.82 Å². The number of pyridine rings is 2. The van der Waals surface area contributed by atoms with E-state index < -0.39 is 0 Å². The smallest absolute Gasteiger partial charge is 0.142 e. The molecule has 0 saturated heterocycles. The maximum atomic E-state index is 5.86. The Kier molecular flexibility index (Phi) is 2.90. The van der Waals surface area contributed by atoms with Crippen LogP contribution in [0.4, 0.5) is 5.82 Å². The molecule has 0 aliphatic rings. The lowest BCUT2D eigenvalue weighted by atomic mass is 10.3. The van der Waals surface area contributed by atoms with Crippen molar-refractivity contribution in [3.05, 3.63) is 54.5 Å². The zero-order chi connectivity index (χ0) is 10.5. The summed E-state index contributed by atoms with van der Waals surface area (Å²) in [5.74, 6) is 6.60. The molecule has 4 nitrogen and oxygen atoms in total. The molecular formula is C11H12N4. The molecule has 2 heterocycles. The molecular weight excluding hydrogens is 188 g/mol. The molecule has 0 spiro atoms. The first-order valence-electron chi connectivity index (χ1n) is 4.69. The lowest BCUT2D eigenvalue weighted by Crippen LogP contribution is -2.31. The van der Waals surface area contributed by atoms with E-state index in [9.17, 15) is 0 Å². The van der Waals surface area contributed by atoms with E-state index in [0.717, 1.165) is 11.5 Å². The minimum Gasteiger partial charge on any atom is -0.289 e. The third kappa shape index (κ3) is 2.51. The van der Waals surface area contributed by atoms with E-state index in [2.05, 4.69) is 9.97 Å². The lowest BCUT2D eigenvalue weighted by molar-refractivity contribution is 0.809. The Morgan fingerprint density at radius 2 is 1.73 bits per heavy atom. The van der Waals surface area contributed by atoms with Crippen LogP contribution in [0.3, 0.4) is 0 Å². The maximum absolute atomic E-state index is 5.86. The average molecular weight is 200 g/mol. The SMILES string of the molecule is NN(Cc1ccccn1)c1ccccn1. The third-order valence-electron chi connectivity index (χ3n) is 2.00. The molecule has 0 unspecified atom stereocenters. The van der Waals surface area contributed by atoms with Gasteiger partial charge in [-0.3, -0.25) is 9.99 Å². The van der Waals surface area contributed by atoms with Crippen LogP contribution in [0, 0.1) is 0 Å². The van der Waals surface area contributed by atoms with Crippen molar-refractivity contribution in [3.8, 4) is 0 Å². The molecule has 0 atom stereocenters.